The molecular weight excluding hydrogens is 432 g/mol. The van der Waals surface area contributed by atoms with Gasteiger partial charge in [-0.1, -0.05) is 6.07 Å². The Bertz CT molecular complexity index is 1100. The van der Waals surface area contributed by atoms with Crippen LogP contribution < -0.4 is 15.4 Å². The number of hydrogen-bond donors (Lipinski definition) is 2. The maximum Gasteiger partial charge on any atom is 0.286 e. The Morgan fingerprint density at radius 2 is 2.22 bits per heavy atom. The third-order valence-corrected chi connectivity index (χ3v) is 5.62. The monoisotopic (exact) mass is 456 g/mol. The van der Waals surface area contributed by atoms with Crippen LogP contribution >= 0.6 is 11.8 Å². The first-order chi connectivity index (χ1) is 15.5. The predicted octanol–water partition coefficient (Wildman–Crippen LogP) is 2.57. The Hall–Kier alpha value is -2.95. The van der Waals surface area contributed by atoms with Gasteiger partial charge in [0.1, 0.15) is 11.6 Å². The van der Waals surface area contributed by atoms with Crippen molar-refractivity contribution in [2.75, 3.05) is 38.3 Å². The Kier molecular flexibility index (Phi) is 7.03. The minimum atomic E-state index is -0.289. The number of carbonyl (C=O) groups excluding carboxylic acids is 2. The molecule has 0 radical (unpaired) electrons. The second-order valence-corrected chi connectivity index (χ2v) is 8.21. The van der Waals surface area contributed by atoms with Gasteiger partial charge >= 0.3 is 0 Å². The van der Waals surface area contributed by atoms with Crippen LogP contribution in [0.15, 0.2) is 34.2 Å². The van der Waals surface area contributed by atoms with Gasteiger partial charge in [-0.25, -0.2) is 4.98 Å². The second-order valence-electron chi connectivity index (χ2n) is 7.18. The van der Waals surface area contributed by atoms with Gasteiger partial charge in [-0.05, 0) is 42.5 Å². The number of ether oxygens (including phenoxy) is 3. The van der Waals surface area contributed by atoms with Gasteiger partial charge in [-0.3, -0.25) is 9.59 Å². The Morgan fingerprint density at radius 1 is 1.34 bits per heavy atom. The number of thioether (sulfide) groups is 1. The number of anilines is 1. The summed E-state index contributed by atoms with van der Waals surface area (Å²) in [6.07, 6.45) is 1.74. The molecule has 1 aromatic carbocycles. The largest absolute Gasteiger partial charge is 0.493 e. The van der Waals surface area contributed by atoms with E-state index in [9.17, 15) is 9.59 Å². The average molecular weight is 457 g/mol. The van der Waals surface area contributed by atoms with Crippen LogP contribution in [-0.2, 0) is 19.1 Å². The number of amides is 2. The molecule has 2 aromatic rings. The third kappa shape index (κ3) is 5.45. The van der Waals surface area contributed by atoms with Crippen molar-refractivity contribution < 1.29 is 23.8 Å². The van der Waals surface area contributed by atoms with E-state index in [0.29, 0.717) is 60.1 Å². The molecule has 2 aliphatic heterocycles. The van der Waals surface area contributed by atoms with Gasteiger partial charge in [0.2, 0.25) is 5.91 Å². The van der Waals surface area contributed by atoms with Crippen molar-refractivity contribution in [3.05, 3.63) is 34.7 Å². The molecular formula is C22H24N4O5S. The summed E-state index contributed by atoms with van der Waals surface area (Å²) in [5.74, 6) is 0.546. The van der Waals surface area contributed by atoms with Crippen LogP contribution in [0.5, 0.6) is 5.75 Å². The van der Waals surface area contributed by atoms with Crippen LogP contribution in [0.3, 0.4) is 0 Å². The molecule has 1 saturated heterocycles. The molecule has 10 heteroatoms. The molecule has 1 atom stereocenters. The van der Waals surface area contributed by atoms with Gasteiger partial charge in [-0.15, -0.1) is 0 Å². The van der Waals surface area contributed by atoms with E-state index >= 15 is 0 Å². The SMILES string of the molecule is CCOc1cc(NC(C)=O)nc2ccc(/C=C3\SC(NCC4COCCO4)=NC3=O)cc12. The fraction of sp³-hybridized carbons (Fsp3) is 0.364. The standard InChI is InChI=1S/C22H24N4O5S/c1-3-30-18-10-20(24-13(2)27)25-17-5-4-14(8-16(17)18)9-19-21(28)26-22(32-19)23-11-15-12-29-6-7-31-15/h4-5,8-10,15H,3,6-7,11-12H2,1-2H3,(H,23,26,28)(H,24,25,27)/b19-9-. The molecule has 1 unspecified atom stereocenters. The molecule has 0 saturated carbocycles. The number of aliphatic imine (C=N–C) groups is 1. The fourth-order valence-corrected chi connectivity index (χ4v) is 4.13. The maximum absolute atomic E-state index is 12.4. The van der Waals surface area contributed by atoms with E-state index in [4.69, 9.17) is 14.2 Å². The number of benzene rings is 1. The first-order valence-corrected chi connectivity index (χ1v) is 11.1. The number of aromatic nitrogens is 1. The molecule has 0 spiro atoms. The zero-order valence-corrected chi connectivity index (χ0v) is 18.7. The van der Waals surface area contributed by atoms with E-state index in [1.807, 2.05) is 25.1 Å². The van der Waals surface area contributed by atoms with E-state index in [2.05, 4.69) is 20.6 Å². The molecule has 0 bridgehead atoms. The lowest BCUT2D eigenvalue weighted by molar-refractivity contribution is -0.114. The lowest BCUT2D eigenvalue weighted by atomic mass is 10.1. The smallest absolute Gasteiger partial charge is 0.286 e. The summed E-state index contributed by atoms with van der Waals surface area (Å²) >= 11 is 1.29. The number of nitrogens with zero attached hydrogens (tertiary/aromatic N) is 2. The van der Waals surface area contributed by atoms with Crippen LogP contribution in [0.25, 0.3) is 17.0 Å². The summed E-state index contributed by atoms with van der Waals surface area (Å²) in [5.41, 5.74) is 1.50. The van der Waals surface area contributed by atoms with Gasteiger partial charge in [0.05, 0.1) is 43.0 Å². The van der Waals surface area contributed by atoms with Crippen molar-refractivity contribution in [2.45, 2.75) is 20.0 Å². The van der Waals surface area contributed by atoms with Crippen molar-refractivity contribution in [1.29, 1.82) is 0 Å². The zero-order valence-electron chi connectivity index (χ0n) is 17.8. The average Bonchev–Trinajstić information content (AvgIpc) is 3.12. The zero-order chi connectivity index (χ0) is 22.5. The summed E-state index contributed by atoms with van der Waals surface area (Å²) < 4.78 is 16.7. The van der Waals surface area contributed by atoms with Crippen molar-refractivity contribution in [1.82, 2.24) is 10.3 Å². The van der Waals surface area contributed by atoms with E-state index in [1.165, 1.54) is 18.7 Å². The van der Waals surface area contributed by atoms with Crippen LogP contribution in [0.4, 0.5) is 5.82 Å². The van der Waals surface area contributed by atoms with E-state index in [1.54, 1.807) is 12.1 Å². The molecule has 1 fully saturated rings. The van der Waals surface area contributed by atoms with E-state index in [0.717, 1.165) is 10.9 Å². The molecule has 0 aliphatic carbocycles. The summed E-state index contributed by atoms with van der Waals surface area (Å²) in [7, 11) is 0. The molecule has 2 aliphatic rings. The number of rotatable bonds is 6. The lowest BCUT2D eigenvalue weighted by Gasteiger charge is -2.23. The Balaban J connectivity index is 1.51. The highest BCUT2D eigenvalue weighted by atomic mass is 32.2. The molecule has 2 amide bonds. The maximum atomic E-state index is 12.4. The van der Waals surface area contributed by atoms with Gasteiger partial charge in [0.15, 0.2) is 5.17 Å². The predicted molar refractivity (Wildman–Crippen MR) is 124 cm³/mol. The van der Waals surface area contributed by atoms with Crippen molar-refractivity contribution in [2.24, 2.45) is 4.99 Å². The van der Waals surface area contributed by atoms with Crippen LogP contribution in [0.2, 0.25) is 0 Å². The number of nitrogens with one attached hydrogen (secondary N) is 2. The normalized spacial score (nSPS) is 19.8. The molecule has 3 heterocycles. The Labute approximate surface area is 189 Å². The third-order valence-electron chi connectivity index (χ3n) is 4.68. The minimum absolute atomic E-state index is 0.0532. The number of carbonyl (C=O) groups is 2. The Morgan fingerprint density at radius 3 is 2.97 bits per heavy atom. The molecule has 4 rings (SSSR count). The first-order valence-electron chi connectivity index (χ1n) is 10.3. The lowest BCUT2D eigenvalue weighted by Crippen LogP contribution is -2.38. The van der Waals surface area contributed by atoms with E-state index < -0.39 is 0 Å². The van der Waals surface area contributed by atoms with Crippen molar-refractivity contribution in [3.63, 3.8) is 0 Å². The summed E-state index contributed by atoms with van der Waals surface area (Å²) in [6.45, 7) is 6.03. The number of pyridine rings is 1. The highest BCUT2D eigenvalue weighted by Gasteiger charge is 2.23. The summed E-state index contributed by atoms with van der Waals surface area (Å²) in [5, 5.41) is 7.18. The molecule has 2 N–H and O–H groups in total. The molecule has 168 valence electrons. The van der Waals surface area contributed by atoms with Crippen LogP contribution in [-0.4, -0.2) is 61.0 Å². The van der Waals surface area contributed by atoms with Crippen LogP contribution in [0.1, 0.15) is 19.4 Å². The number of fused-ring (bicyclic) bond motifs is 1. The van der Waals surface area contributed by atoms with Crippen molar-refractivity contribution in [3.8, 4) is 5.75 Å². The summed E-state index contributed by atoms with van der Waals surface area (Å²) in [4.78, 5) is 32.8. The quantitative estimate of drug-likeness (QED) is 0.638. The van der Waals surface area contributed by atoms with Gasteiger partial charge < -0.3 is 24.8 Å². The van der Waals surface area contributed by atoms with Gasteiger partial charge in [0.25, 0.3) is 5.91 Å². The highest BCUT2D eigenvalue weighted by Crippen LogP contribution is 2.32. The minimum Gasteiger partial charge on any atom is -0.493 e. The number of hydrogen-bond acceptors (Lipinski definition) is 8. The van der Waals surface area contributed by atoms with Gasteiger partial charge in [0, 0.05) is 24.9 Å². The molecule has 32 heavy (non-hydrogen) atoms. The van der Waals surface area contributed by atoms with Crippen molar-refractivity contribution >= 4 is 51.5 Å². The van der Waals surface area contributed by atoms with E-state index in [-0.39, 0.29) is 17.9 Å². The van der Waals surface area contributed by atoms with Crippen LogP contribution in [0, 0.1) is 0 Å². The summed E-state index contributed by atoms with van der Waals surface area (Å²) in [6, 6.07) is 7.30. The second kappa shape index (κ2) is 10.1. The number of amidine groups is 1. The molecule has 1 aromatic heterocycles. The first kappa shape index (κ1) is 22.3. The highest BCUT2D eigenvalue weighted by molar-refractivity contribution is 8.18. The van der Waals surface area contributed by atoms with Gasteiger partial charge in [-0.2, -0.15) is 4.99 Å². The topological polar surface area (TPSA) is 111 Å². The molecule has 9 nitrogen and oxygen atoms in total. The fourth-order valence-electron chi connectivity index (χ4n) is 3.31.